The van der Waals surface area contributed by atoms with E-state index in [1.807, 2.05) is 0 Å². The summed E-state index contributed by atoms with van der Waals surface area (Å²) in [4.78, 5) is 10.9. The number of aliphatic hydroxyl groups is 1. The quantitative estimate of drug-likeness (QED) is 0.669. The summed E-state index contributed by atoms with van der Waals surface area (Å²) in [5.74, 6) is -0.607. The van der Waals surface area contributed by atoms with Gasteiger partial charge in [0.25, 0.3) is 0 Å². The number of sulfonamides is 1. The smallest absolute Gasteiger partial charge is 0.306 e. The maximum absolute atomic E-state index is 11.6. The summed E-state index contributed by atoms with van der Waals surface area (Å²) in [7, 11) is -2.21. The number of methoxy groups -OCH3 is 1. The highest BCUT2D eigenvalue weighted by atomic mass is 32.2. The van der Waals surface area contributed by atoms with E-state index in [0.29, 0.717) is 13.0 Å². The number of rotatable bonds is 6. The van der Waals surface area contributed by atoms with Gasteiger partial charge in [0.05, 0.1) is 25.4 Å². The van der Waals surface area contributed by atoms with Crippen LogP contribution in [0.3, 0.4) is 0 Å². The van der Waals surface area contributed by atoms with Crippen molar-refractivity contribution in [2.45, 2.75) is 38.2 Å². The molecule has 0 aromatic carbocycles. The van der Waals surface area contributed by atoms with Gasteiger partial charge in [0, 0.05) is 6.54 Å². The molecule has 0 amide bonds. The predicted octanol–water partition coefficient (Wildman–Crippen LogP) is 0.0200. The Bertz CT molecular complexity index is 368. The van der Waals surface area contributed by atoms with Gasteiger partial charge in [-0.3, -0.25) is 4.79 Å². The second kappa shape index (κ2) is 7.06. The molecule has 2 unspecified atom stereocenters. The van der Waals surface area contributed by atoms with Gasteiger partial charge in [-0.2, -0.15) is 0 Å². The minimum atomic E-state index is -3.44. The molecule has 0 saturated heterocycles. The first kappa shape index (κ1) is 15.4. The lowest BCUT2D eigenvalue weighted by atomic mass is 9.87. The Morgan fingerprint density at radius 1 is 1.44 bits per heavy atom. The molecular weight excluding hydrogens is 258 g/mol. The molecule has 7 heteroatoms. The zero-order chi connectivity index (χ0) is 13.6. The zero-order valence-corrected chi connectivity index (χ0v) is 11.4. The minimum absolute atomic E-state index is 0.140. The maximum Gasteiger partial charge on any atom is 0.306 e. The molecule has 18 heavy (non-hydrogen) atoms. The van der Waals surface area contributed by atoms with Crippen molar-refractivity contribution in [3.8, 4) is 0 Å². The van der Waals surface area contributed by atoms with Gasteiger partial charge in [0.1, 0.15) is 0 Å². The van der Waals surface area contributed by atoms with Gasteiger partial charge in [-0.1, -0.05) is 6.42 Å². The van der Waals surface area contributed by atoms with E-state index >= 15 is 0 Å². The fourth-order valence-electron chi connectivity index (χ4n) is 2.08. The average Bonchev–Trinajstić information content (AvgIpc) is 2.34. The van der Waals surface area contributed by atoms with E-state index in [2.05, 4.69) is 9.46 Å². The third-order valence-electron chi connectivity index (χ3n) is 3.15. The number of ether oxygens (including phenoxy) is 1. The van der Waals surface area contributed by atoms with Crippen molar-refractivity contribution in [1.82, 2.24) is 4.72 Å². The largest absolute Gasteiger partial charge is 0.469 e. The van der Waals surface area contributed by atoms with Gasteiger partial charge < -0.3 is 9.84 Å². The highest BCUT2D eigenvalue weighted by molar-refractivity contribution is 7.89. The standard InChI is InChI=1S/C11H21NO5S/c1-17-11(14)5-6-18(15,16)12-8-9-3-2-4-10(13)7-9/h9-10,12-13H,2-8H2,1H3. The van der Waals surface area contributed by atoms with Crippen LogP contribution in [-0.4, -0.2) is 45.0 Å². The Morgan fingerprint density at radius 2 is 2.17 bits per heavy atom. The molecule has 2 atom stereocenters. The van der Waals surface area contributed by atoms with Crippen molar-refractivity contribution in [3.63, 3.8) is 0 Å². The van der Waals surface area contributed by atoms with Crippen molar-refractivity contribution < 1.29 is 23.1 Å². The van der Waals surface area contributed by atoms with Crippen LogP contribution in [0.5, 0.6) is 0 Å². The van der Waals surface area contributed by atoms with Crippen LogP contribution < -0.4 is 4.72 Å². The highest BCUT2D eigenvalue weighted by Crippen LogP contribution is 2.23. The number of carbonyl (C=O) groups is 1. The first-order valence-corrected chi connectivity index (χ1v) is 7.80. The molecule has 1 saturated carbocycles. The van der Waals surface area contributed by atoms with E-state index < -0.39 is 16.0 Å². The molecule has 0 bridgehead atoms. The number of hydrogen-bond acceptors (Lipinski definition) is 5. The summed E-state index contributed by atoms with van der Waals surface area (Å²) in [6.07, 6.45) is 2.83. The number of hydrogen-bond donors (Lipinski definition) is 2. The summed E-state index contributed by atoms with van der Waals surface area (Å²) < 4.78 is 30.1. The van der Waals surface area contributed by atoms with Crippen molar-refractivity contribution in [2.75, 3.05) is 19.4 Å². The number of carbonyl (C=O) groups excluding carboxylic acids is 1. The third-order valence-corrected chi connectivity index (χ3v) is 4.50. The summed E-state index contributed by atoms with van der Waals surface area (Å²) in [5, 5.41) is 9.48. The van der Waals surface area contributed by atoms with E-state index in [4.69, 9.17) is 0 Å². The fourth-order valence-corrected chi connectivity index (χ4v) is 3.15. The SMILES string of the molecule is COC(=O)CCS(=O)(=O)NCC1CCCC(O)C1. The Kier molecular flexibility index (Phi) is 6.04. The Morgan fingerprint density at radius 3 is 2.78 bits per heavy atom. The first-order chi connectivity index (χ1) is 8.43. The molecule has 1 fully saturated rings. The molecule has 0 aliphatic heterocycles. The number of aliphatic hydroxyl groups excluding tert-OH is 1. The fraction of sp³-hybridized carbons (Fsp3) is 0.909. The van der Waals surface area contributed by atoms with E-state index in [9.17, 15) is 18.3 Å². The Balaban J connectivity index is 2.30. The van der Waals surface area contributed by atoms with Crippen molar-refractivity contribution >= 4 is 16.0 Å². The summed E-state index contributed by atoms with van der Waals surface area (Å²) in [6.45, 7) is 0.334. The molecule has 106 valence electrons. The van der Waals surface area contributed by atoms with Gasteiger partial charge in [-0.05, 0) is 25.2 Å². The van der Waals surface area contributed by atoms with Crippen LogP contribution in [0.25, 0.3) is 0 Å². The normalized spacial score (nSPS) is 24.8. The average molecular weight is 279 g/mol. The molecule has 0 spiro atoms. The van der Waals surface area contributed by atoms with Crippen molar-refractivity contribution in [2.24, 2.45) is 5.92 Å². The predicted molar refractivity (Wildman–Crippen MR) is 66.4 cm³/mol. The first-order valence-electron chi connectivity index (χ1n) is 6.15. The summed E-state index contributed by atoms with van der Waals surface area (Å²) >= 11 is 0. The number of esters is 1. The minimum Gasteiger partial charge on any atom is -0.469 e. The monoisotopic (exact) mass is 279 g/mol. The van der Waals surface area contributed by atoms with Crippen LogP contribution in [0.1, 0.15) is 32.1 Å². The molecular formula is C11H21NO5S. The number of nitrogens with one attached hydrogen (secondary N) is 1. The van der Waals surface area contributed by atoms with Crippen LogP contribution >= 0.6 is 0 Å². The van der Waals surface area contributed by atoms with Gasteiger partial charge in [-0.15, -0.1) is 0 Å². The summed E-state index contributed by atoms with van der Waals surface area (Å²) in [6, 6.07) is 0. The van der Waals surface area contributed by atoms with Crippen molar-refractivity contribution in [1.29, 1.82) is 0 Å². The van der Waals surface area contributed by atoms with E-state index in [1.165, 1.54) is 7.11 Å². The van der Waals surface area contributed by atoms with Crippen LogP contribution in [-0.2, 0) is 19.6 Å². The van der Waals surface area contributed by atoms with Gasteiger partial charge >= 0.3 is 5.97 Å². The highest BCUT2D eigenvalue weighted by Gasteiger charge is 2.22. The zero-order valence-electron chi connectivity index (χ0n) is 10.6. The molecule has 1 rings (SSSR count). The second-order valence-corrected chi connectivity index (χ2v) is 6.61. The third kappa shape index (κ3) is 5.79. The molecule has 0 aromatic rings. The molecule has 1 aliphatic carbocycles. The van der Waals surface area contributed by atoms with Crippen molar-refractivity contribution in [3.05, 3.63) is 0 Å². The lowest BCUT2D eigenvalue weighted by molar-refractivity contribution is -0.140. The van der Waals surface area contributed by atoms with E-state index in [-0.39, 0.29) is 24.2 Å². The Hall–Kier alpha value is -0.660. The second-order valence-electron chi connectivity index (χ2n) is 4.68. The molecule has 0 heterocycles. The lowest BCUT2D eigenvalue weighted by Gasteiger charge is -2.25. The molecule has 2 N–H and O–H groups in total. The maximum atomic E-state index is 11.6. The van der Waals surface area contributed by atoms with Crippen LogP contribution in [0.15, 0.2) is 0 Å². The molecule has 0 radical (unpaired) electrons. The molecule has 0 aromatic heterocycles. The summed E-state index contributed by atoms with van der Waals surface area (Å²) in [5.41, 5.74) is 0. The van der Waals surface area contributed by atoms with Gasteiger partial charge in [0.15, 0.2) is 0 Å². The van der Waals surface area contributed by atoms with Gasteiger partial charge in [-0.25, -0.2) is 13.1 Å². The molecule has 1 aliphatic rings. The topological polar surface area (TPSA) is 92.7 Å². The lowest BCUT2D eigenvalue weighted by Crippen LogP contribution is -2.34. The van der Waals surface area contributed by atoms with E-state index in [1.54, 1.807) is 0 Å². The van der Waals surface area contributed by atoms with Crippen LogP contribution in [0.2, 0.25) is 0 Å². The molecule has 6 nitrogen and oxygen atoms in total. The van der Waals surface area contributed by atoms with Crippen LogP contribution in [0.4, 0.5) is 0 Å². The van der Waals surface area contributed by atoms with Crippen LogP contribution in [0, 0.1) is 5.92 Å². The van der Waals surface area contributed by atoms with E-state index in [0.717, 1.165) is 19.3 Å². The Labute approximate surface area is 108 Å². The van der Waals surface area contributed by atoms with Gasteiger partial charge in [0.2, 0.25) is 10.0 Å².